The van der Waals surface area contributed by atoms with Gasteiger partial charge in [-0.3, -0.25) is 4.79 Å². The van der Waals surface area contributed by atoms with Crippen molar-refractivity contribution in [2.75, 3.05) is 11.1 Å². The second-order valence-corrected chi connectivity index (χ2v) is 8.04. The van der Waals surface area contributed by atoms with E-state index in [1.165, 1.54) is 30.0 Å². The van der Waals surface area contributed by atoms with E-state index in [4.69, 9.17) is 0 Å². The summed E-state index contributed by atoms with van der Waals surface area (Å²) in [5, 5.41) is 11.8. The SMILES string of the molecule is O=C(CSc1nnc(C2CC2)n1Cc1ccccc1)Nc1cccc(OC(F)(F)F)c1. The highest BCUT2D eigenvalue weighted by Crippen LogP contribution is 2.40. The Bertz CT molecular complexity index is 1050. The number of nitrogens with zero attached hydrogens (tertiary/aromatic N) is 3. The Kier molecular flexibility index (Phi) is 6.17. The van der Waals surface area contributed by atoms with Gasteiger partial charge in [-0.15, -0.1) is 23.4 Å². The first-order valence-electron chi connectivity index (χ1n) is 9.63. The molecule has 4 rings (SSSR count). The molecule has 10 heteroatoms. The Balaban J connectivity index is 1.40. The van der Waals surface area contributed by atoms with E-state index in [9.17, 15) is 18.0 Å². The van der Waals surface area contributed by atoms with Crippen LogP contribution in [0.3, 0.4) is 0 Å². The number of anilines is 1. The lowest BCUT2D eigenvalue weighted by Gasteiger charge is -2.11. The zero-order valence-corrected chi connectivity index (χ0v) is 17.1. The molecule has 1 aromatic heterocycles. The monoisotopic (exact) mass is 448 g/mol. The van der Waals surface area contributed by atoms with Crippen molar-refractivity contribution in [3.05, 3.63) is 66.0 Å². The van der Waals surface area contributed by atoms with Gasteiger partial charge in [0.05, 0.1) is 12.3 Å². The summed E-state index contributed by atoms with van der Waals surface area (Å²) >= 11 is 1.24. The molecule has 1 aliphatic carbocycles. The van der Waals surface area contributed by atoms with Gasteiger partial charge in [0.25, 0.3) is 0 Å². The van der Waals surface area contributed by atoms with Gasteiger partial charge >= 0.3 is 6.36 Å². The summed E-state index contributed by atoms with van der Waals surface area (Å²) in [6.45, 7) is 0.612. The molecule has 0 saturated heterocycles. The average Bonchev–Trinajstić information content (AvgIpc) is 3.48. The Labute approximate surface area is 180 Å². The van der Waals surface area contributed by atoms with Gasteiger partial charge < -0.3 is 14.6 Å². The molecule has 31 heavy (non-hydrogen) atoms. The summed E-state index contributed by atoms with van der Waals surface area (Å²) in [5.41, 5.74) is 1.33. The number of rotatable bonds is 8. The number of nitrogens with one attached hydrogen (secondary N) is 1. The number of hydrogen-bond donors (Lipinski definition) is 1. The first-order chi connectivity index (χ1) is 14.9. The lowest BCUT2D eigenvalue weighted by molar-refractivity contribution is -0.274. The van der Waals surface area contributed by atoms with Crippen LogP contribution < -0.4 is 10.1 Å². The molecule has 0 spiro atoms. The van der Waals surface area contributed by atoms with Crippen molar-refractivity contribution < 1.29 is 22.7 Å². The van der Waals surface area contributed by atoms with Gasteiger partial charge in [-0.1, -0.05) is 48.2 Å². The van der Waals surface area contributed by atoms with E-state index in [1.54, 1.807) is 0 Å². The highest BCUT2D eigenvalue weighted by Gasteiger charge is 2.31. The van der Waals surface area contributed by atoms with Crippen LogP contribution in [0.2, 0.25) is 0 Å². The average molecular weight is 448 g/mol. The van der Waals surface area contributed by atoms with E-state index in [0.29, 0.717) is 17.6 Å². The van der Waals surface area contributed by atoms with Gasteiger partial charge in [0, 0.05) is 17.7 Å². The summed E-state index contributed by atoms with van der Waals surface area (Å²) in [4.78, 5) is 12.4. The lowest BCUT2D eigenvalue weighted by atomic mass is 10.2. The maximum Gasteiger partial charge on any atom is 0.573 e. The van der Waals surface area contributed by atoms with E-state index >= 15 is 0 Å². The zero-order valence-electron chi connectivity index (χ0n) is 16.3. The van der Waals surface area contributed by atoms with Crippen LogP contribution in [0.15, 0.2) is 59.8 Å². The number of carbonyl (C=O) groups excluding carboxylic acids is 1. The predicted molar refractivity (Wildman–Crippen MR) is 110 cm³/mol. The second kappa shape index (κ2) is 9.01. The van der Waals surface area contributed by atoms with Gasteiger partial charge in [-0.05, 0) is 30.5 Å². The fraction of sp³-hybridized carbons (Fsp3) is 0.286. The largest absolute Gasteiger partial charge is 0.573 e. The summed E-state index contributed by atoms with van der Waals surface area (Å²) in [5.74, 6) is 0.604. The number of carbonyl (C=O) groups is 1. The third kappa shape index (κ3) is 6.00. The minimum atomic E-state index is -4.79. The van der Waals surface area contributed by atoms with Gasteiger partial charge in [-0.25, -0.2) is 0 Å². The van der Waals surface area contributed by atoms with Gasteiger partial charge in [0.1, 0.15) is 11.6 Å². The Morgan fingerprint density at radius 3 is 2.61 bits per heavy atom. The molecular formula is C21H19F3N4O2S. The molecule has 0 atom stereocenters. The molecule has 1 fully saturated rings. The van der Waals surface area contributed by atoms with Crippen LogP contribution in [0.25, 0.3) is 0 Å². The Hall–Kier alpha value is -3.01. The number of ether oxygens (including phenoxy) is 1. The van der Waals surface area contributed by atoms with Gasteiger partial charge in [0.15, 0.2) is 5.16 Å². The number of hydrogen-bond acceptors (Lipinski definition) is 5. The minimum absolute atomic E-state index is 0.0436. The number of benzene rings is 2. The molecule has 1 saturated carbocycles. The maximum atomic E-state index is 12.4. The van der Waals surface area contributed by atoms with Crippen molar-refractivity contribution in [1.29, 1.82) is 0 Å². The molecular weight excluding hydrogens is 429 g/mol. The first kappa shape index (κ1) is 21.2. The van der Waals surface area contributed by atoms with Crippen LogP contribution in [-0.2, 0) is 11.3 Å². The number of thioether (sulfide) groups is 1. The van der Waals surface area contributed by atoms with E-state index in [0.717, 1.165) is 30.3 Å². The molecule has 1 heterocycles. The highest BCUT2D eigenvalue weighted by atomic mass is 32.2. The fourth-order valence-electron chi connectivity index (χ4n) is 3.06. The van der Waals surface area contributed by atoms with Gasteiger partial charge in [0.2, 0.25) is 5.91 Å². The second-order valence-electron chi connectivity index (χ2n) is 7.10. The van der Waals surface area contributed by atoms with Crippen molar-refractivity contribution in [2.24, 2.45) is 0 Å². The van der Waals surface area contributed by atoms with Crippen molar-refractivity contribution in [3.8, 4) is 5.75 Å². The minimum Gasteiger partial charge on any atom is -0.406 e. The number of alkyl halides is 3. The van der Waals surface area contributed by atoms with Crippen molar-refractivity contribution in [1.82, 2.24) is 14.8 Å². The summed E-state index contributed by atoms with van der Waals surface area (Å²) in [6, 6.07) is 15.1. The standard InChI is InChI=1S/C21H19F3N4O2S/c22-21(23,24)30-17-8-4-7-16(11-17)25-18(29)13-31-20-27-26-19(15-9-10-15)28(20)12-14-5-2-1-3-6-14/h1-8,11,15H,9-10,12-13H2,(H,25,29). The van der Waals surface area contributed by atoms with Crippen LogP contribution in [-0.4, -0.2) is 32.8 Å². The normalized spacial score (nSPS) is 13.8. The van der Waals surface area contributed by atoms with E-state index < -0.39 is 12.1 Å². The van der Waals surface area contributed by atoms with Crippen molar-refractivity contribution in [2.45, 2.75) is 36.8 Å². The number of amides is 1. The molecule has 2 aromatic carbocycles. The Morgan fingerprint density at radius 1 is 1.13 bits per heavy atom. The van der Waals surface area contributed by atoms with Crippen molar-refractivity contribution >= 4 is 23.4 Å². The van der Waals surface area contributed by atoms with Crippen LogP contribution in [0, 0.1) is 0 Å². The summed E-state index contributed by atoms with van der Waals surface area (Å²) in [6.07, 6.45) is -2.64. The van der Waals surface area contributed by atoms with Crippen molar-refractivity contribution in [3.63, 3.8) is 0 Å². The third-order valence-electron chi connectivity index (χ3n) is 4.56. The molecule has 0 unspecified atom stereocenters. The van der Waals surface area contributed by atoms with E-state index in [1.807, 2.05) is 34.9 Å². The maximum absolute atomic E-state index is 12.4. The lowest BCUT2D eigenvalue weighted by Crippen LogP contribution is -2.18. The number of aromatic nitrogens is 3. The zero-order chi connectivity index (χ0) is 21.8. The fourth-order valence-corrected chi connectivity index (χ4v) is 3.81. The van der Waals surface area contributed by atoms with Crippen LogP contribution >= 0.6 is 11.8 Å². The molecule has 0 aliphatic heterocycles. The highest BCUT2D eigenvalue weighted by molar-refractivity contribution is 7.99. The molecule has 0 radical (unpaired) electrons. The quantitative estimate of drug-likeness (QED) is 0.500. The Morgan fingerprint density at radius 2 is 1.90 bits per heavy atom. The molecule has 1 amide bonds. The molecule has 1 N–H and O–H groups in total. The smallest absolute Gasteiger partial charge is 0.406 e. The van der Waals surface area contributed by atoms with Crippen LogP contribution in [0.4, 0.5) is 18.9 Å². The molecule has 162 valence electrons. The van der Waals surface area contributed by atoms with Crippen LogP contribution in [0.5, 0.6) is 5.75 Å². The summed E-state index contributed by atoms with van der Waals surface area (Å²) in [7, 11) is 0. The summed E-state index contributed by atoms with van der Waals surface area (Å²) < 4.78 is 43.0. The first-order valence-corrected chi connectivity index (χ1v) is 10.6. The predicted octanol–water partition coefficient (Wildman–Crippen LogP) is 4.83. The van der Waals surface area contributed by atoms with E-state index in [2.05, 4.69) is 20.3 Å². The van der Waals surface area contributed by atoms with E-state index in [-0.39, 0.29) is 17.3 Å². The molecule has 0 bridgehead atoms. The topological polar surface area (TPSA) is 69.0 Å². The van der Waals surface area contributed by atoms with Crippen LogP contribution in [0.1, 0.15) is 30.1 Å². The molecule has 3 aromatic rings. The molecule has 6 nitrogen and oxygen atoms in total. The third-order valence-corrected chi connectivity index (χ3v) is 5.52. The van der Waals surface area contributed by atoms with Gasteiger partial charge in [-0.2, -0.15) is 0 Å². The molecule has 1 aliphatic rings. The number of halogens is 3.